The number of carbonyl (C=O) groups excluding carboxylic acids is 1. The lowest BCUT2D eigenvalue weighted by molar-refractivity contribution is -0.174. The van der Waals surface area contributed by atoms with Crippen LogP contribution in [0.3, 0.4) is 0 Å². The third-order valence-electron chi connectivity index (χ3n) is 2.06. The van der Waals surface area contributed by atoms with Gasteiger partial charge in [0, 0.05) is 11.8 Å². The molecular formula is C10H11BrF2N2O2. The van der Waals surface area contributed by atoms with E-state index in [1.165, 1.54) is 25.3 Å². The maximum Gasteiger partial charge on any atom is 0.379 e. The van der Waals surface area contributed by atoms with E-state index in [1.807, 2.05) is 0 Å². The number of aromatic nitrogens is 1. The van der Waals surface area contributed by atoms with Crippen LogP contribution in [0.15, 0.2) is 22.9 Å². The van der Waals surface area contributed by atoms with Crippen molar-refractivity contribution < 1.29 is 18.3 Å². The third kappa shape index (κ3) is 2.98. The number of hydrogen-bond acceptors (Lipinski definition) is 4. The molecule has 94 valence electrons. The van der Waals surface area contributed by atoms with Crippen LogP contribution in [0.25, 0.3) is 0 Å². The Labute approximate surface area is 105 Å². The highest BCUT2D eigenvalue weighted by Crippen LogP contribution is 2.33. The quantitative estimate of drug-likeness (QED) is 0.683. The Hall–Kier alpha value is -1.08. The minimum absolute atomic E-state index is 0.0468. The number of nitrogens with zero attached hydrogens (tertiary/aromatic N) is 1. The predicted molar refractivity (Wildman–Crippen MR) is 60.4 cm³/mol. The van der Waals surface area contributed by atoms with Gasteiger partial charge < -0.3 is 10.5 Å². The summed E-state index contributed by atoms with van der Waals surface area (Å²) in [6.07, 6.45) is 1.42. The Bertz CT molecular complexity index is 415. The van der Waals surface area contributed by atoms with Crippen molar-refractivity contribution in [3.63, 3.8) is 0 Å². The van der Waals surface area contributed by atoms with Gasteiger partial charge in [-0.15, -0.1) is 0 Å². The summed E-state index contributed by atoms with van der Waals surface area (Å²) in [6, 6.07) is 1.03. The zero-order chi connectivity index (χ0) is 13.1. The lowest BCUT2D eigenvalue weighted by atomic mass is 10.0. The number of ether oxygens (including phenoxy) is 1. The maximum absolute atomic E-state index is 13.6. The van der Waals surface area contributed by atoms with Crippen LogP contribution < -0.4 is 5.73 Å². The van der Waals surface area contributed by atoms with Gasteiger partial charge >= 0.3 is 11.9 Å². The first kappa shape index (κ1) is 14.0. The zero-order valence-corrected chi connectivity index (χ0v) is 10.6. The Morgan fingerprint density at radius 1 is 1.71 bits per heavy atom. The molecule has 1 aromatic rings. The van der Waals surface area contributed by atoms with E-state index < -0.39 is 17.9 Å². The van der Waals surface area contributed by atoms with E-state index in [-0.39, 0.29) is 16.8 Å². The average Bonchev–Trinajstić information content (AvgIpc) is 2.29. The van der Waals surface area contributed by atoms with Crippen LogP contribution in [0.2, 0.25) is 0 Å². The van der Waals surface area contributed by atoms with Gasteiger partial charge in [-0.1, -0.05) is 6.07 Å². The summed E-state index contributed by atoms with van der Waals surface area (Å²) in [5.74, 6) is -5.43. The molecule has 0 aromatic carbocycles. The van der Waals surface area contributed by atoms with E-state index in [0.29, 0.717) is 0 Å². The second-order valence-electron chi connectivity index (χ2n) is 3.20. The van der Waals surface area contributed by atoms with Crippen LogP contribution in [-0.2, 0) is 9.53 Å². The summed E-state index contributed by atoms with van der Waals surface area (Å²) in [6.45, 7) is 1.31. The van der Waals surface area contributed by atoms with E-state index in [4.69, 9.17) is 5.73 Å². The van der Waals surface area contributed by atoms with Gasteiger partial charge in [-0.3, -0.25) is 0 Å². The fraction of sp³-hybridized carbons (Fsp3) is 0.400. The van der Waals surface area contributed by atoms with Crippen molar-refractivity contribution in [1.82, 2.24) is 4.98 Å². The number of nitrogens with two attached hydrogens (primary N) is 1. The van der Waals surface area contributed by atoms with Crippen molar-refractivity contribution in [2.75, 3.05) is 6.61 Å². The number of rotatable bonds is 4. The van der Waals surface area contributed by atoms with E-state index in [9.17, 15) is 13.6 Å². The molecular weight excluding hydrogens is 298 g/mol. The molecule has 4 nitrogen and oxygen atoms in total. The number of carbonyl (C=O) groups is 1. The smallest absolute Gasteiger partial charge is 0.379 e. The molecule has 0 amide bonds. The molecule has 0 saturated carbocycles. The van der Waals surface area contributed by atoms with Gasteiger partial charge in [0.1, 0.15) is 10.6 Å². The third-order valence-corrected chi connectivity index (χ3v) is 2.72. The van der Waals surface area contributed by atoms with Crippen molar-refractivity contribution in [2.45, 2.75) is 18.9 Å². The fourth-order valence-electron chi connectivity index (χ4n) is 1.18. The molecule has 7 heteroatoms. The summed E-state index contributed by atoms with van der Waals surface area (Å²) < 4.78 is 31.7. The van der Waals surface area contributed by atoms with E-state index in [1.54, 1.807) is 0 Å². The number of halogens is 3. The fourth-order valence-corrected chi connectivity index (χ4v) is 1.68. The van der Waals surface area contributed by atoms with Crippen molar-refractivity contribution in [1.29, 1.82) is 0 Å². The van der Waals surface area contributed by atoms with Crippen LogP contribution >= 0.6 is 15.9 Å². The SMILES string of the molecule is CCOC(=O)C(F)(F)[C@@H](N)c1cccnc1Br. The van der Waals surface area contributed by atoms with Gasteiger partial charge in [0.25, 0.3) is 0 Å². The van der Waals surface area contributed by atoms with Crippen molar-refractivity contribution in [3.05, 3.63) is 28.5 Å². The van der Waals surface area contributed by atoms with E-state index in [0.717, 1.165) is 0 Å². The molecule has 0 aliphatic heterocycles. The van der Waals surface area contributed by atoms with Gasteiger partial charge in [-0.05, 0) is 28.9 Å². The van der Waals surface area contributed by atoms with Gasteiger partial charge in [0.05, 0.1) is 6.61 Å². The second kappa shape index (κ2) is 5.50. The molecule has 0 bridgehead atoms. The molecule has 0 fully saturated rings. The number of pyridine rings is 1. The zero-order valence-electron chi connectivity index (χ0n) is 8.99. The van der Waals surface area contributed by atoms with Crippen LogP contribution in [0.4, 0.5) is 8.78 Å². The number of esters is 1. The van der Waals surface area contributed by atoms with Crippen LogP contribution in [0.5, 0.6) is 0 Å². The largest absolute Gasteiger partial charge is 0.462 e. The van der Waals surface area contributed by atoms with Gasteiger partial charge in [0.15, 0.2) is 0 Å². The number of hydrogen-bond donors (Lipinski definition) is 1. The Balaban J connectivity index is 3.00. The minimum Gasteiger partial charge on any atom is -0.462 e. The summed E-state index contributed by atoms with van der Waals surface area (Å²) in [5, 5.41) is 0. The topological polar surface area (TPSA) is 65.2 Å². The summed E-state index contributed by atoms with van der Waals surface area (Å²) in [5.41, 5.74) is 5.43. The lowest BCUT2D eigenvalue weighted by Crippen LogP contribution is -2.42. The minimum atomic E-state index is -3.79. The van der Waals surface area contributed by atoms with Gasteiger partial charge in [-0.25, -0.2) is 9.78 Å². The first-order valence-electron chi connectivity index (χ1n) is 4.82. The maximum atomic E-state index is 13.6. The van der Waals surface area contributed by atoms with Gasteiger partial charge in [0.2, 0.25) is 0 Å². The summed E-state index contributed by atoms with van der Waals surface area (Å²) >= 11 is 3.00. The monoisotopic (exact) mass is 308 g/mol. The van der Waals surface area contributed by atoms with Crippen molar-refractivity contribution in [3.8, 4) is 0 Å². The summed E-state index contributed by atoms with van der Waals surface area (Å²) in [4.78, 5) is 14.9. The van der Waals surface area contributed by atoms with Crippen LogP contribution in [0.1, 0.15) is 18.5 Å². The first-order valence-corrected chi connectivity index (χ1v) is 5.61. The van der Waals surface area contributed by atoms with E-state index in [2.05, 4.69) is 25.7 Å². The predicted octanol–water partition coefficient (Wildman–Crippen LogP) is 2.04. The molecule has 0 unspecified atom stereocenters. The molecule has 0 radical (unpaired) electrons. The Kier molecular flexibility index (Phi) is 4.53. The standard InChI is InChI=1S/C10H11BrF2N2O2/c1-2-17-9(16)10(12,13)7(14)6-4-3-5-15-8(6)11/h3-5,7H,2,14H2,1H3/t7-/m0/s1. The van der Waals surface area contributed by atoms with Crippen LogP contribution in [-0.4, -0.2) is 23.5 Å². The molecule has 1 rings (SSSR count). The molecule has 0 spiro atoms. The van der Waals surface area contributed by atoms with E-state index >= 15 is 0 Å². The Morgan fingerprint density at radius 2 is 2.35 bits per heavy atom. The molecule has 0 aliphatic rings. The number of alkyl halides is 2. The molecule has 2 N–H and O–H groups in total. The van der Waals surface area contributed by atoms with Crippen LogP contribution in [0, 0.1) is 0 Å². The normalized spacial score (nSPS) is 13.2. The first-order chi connectivity index (χ1) is 7.91. The van der Waals surface area contributed by atoms with Gasteiger partial charge in [-0.2, -0.15) is 8.78 Å². The second-order valence-corrected chi connectivity index (χ2v) is 3.96. The lowest BCUT2D eigenvalue weighted by Gasteiger charge is -2.22. The molecule has 1 aromatic heterocycles. The molecule has 17 heavy (non-hydrogen) atoms. The molecule has 1 atom stereocenters. The molecule has 0 saturated heterocycles. The average molecular weight is 309 g/mol. The highest BCUT2D eigenvalue weighted by atomic mass is 79.9. The molecule has 0 aliphatic carbocycles. The van der Waals surface area contributed by atoms with Crippen molar-refractivity contribution >= 4 is 21.9 Å². The molecule has 1 heterocycles. The highest BCUT2D eigenvalue weighted by Gasteiger charge is 2.48. The Morgan fingerprint density at radius 3 is 2.88 bits per heavy atom. The summed E-state index contributed by atoms with van der Waals surface area (Å²) in [7, 11) is 0. The highest BCUT2D eigenvalue weighted by molar-refractivity contribution is 9.10. The van der Waals surface area contributed by atoms with Crippen molar-refractivity contribution in [2.24, 2.45) is 5.73 Å².